The Kier molecular flexibility index (Phi) is 7.10. The number of methoxy groups -OCH3 is 1. The lowest BCUT2D eigenvalue weighted by Crippen LogP contribution is -2.30. The van der Waals surface area contributed by atoms with Crippen molar-refractivity contribution in [3.8, 4) is 5.75 Å². The predicted octanol–water partition coefficient (Wildman–Crippen LogP) is 4.29. The largest absolute Gasteiger partial charge is 0.497 e. The Bertz CT molecular complexity index is 1040. The van der Waals surface area contributed by atoms with Gasteiger partial charge in [-0.25, -0.2) is 0 Å². The Morgan fingerprint density at radius 1 is 1.19 bits per heavy atom. The van der Waals surface area contributed by atoms with Crippen LogP contribution in [0.5, 0.6) is 5.75 Å². The van der Waals surface area contributed by atoms with Gasteiger partial charge < -0.3 is 4.74 Å². The number of allylic oxidation sites excluding steroid dienone is 3. The molecule has 1 aromatic heterocycles. The molecule has 31 heavy (non-hydrogen) atoms. The van der Waals surface area contributed by atoms with Crippen molar-refractivity contribution >= 4 is 17.5 Å². The van der Waals surface area contributed by atoms with Gasteiger partial charge in [-0.2, -0.15) is 0 Å². The number of nitrogens with zero attached hydrogens (tertiary/aromatic N) is 3. The minimum Gasteiger partial charge on any atom is -0.497 e. The molecule has 2 aromatic rings. The fourth-order valence-electron chi connectivity index (χ4n) is 3.21. The summed E-state index contributed by atoms with van der Waals surface area (Å²) in [5.74, 6) is -0.162. The van der Waals surface area contributed by atoms with Crippen molar-refractivity contribution in [3.63, 3.8) is 0 Å². The fourth-order valence-corrected chi connectivity index (χ4v) is 3.21. The molecular formula is C24H25N3O4. The van der Waals surface area contributed by atoms with E-state index >= 15 is 0 Å². The standard InChI is InChI=1S/C24H25N3O4/c1-5-17(26-21(6-2)22-15-18(30-4)14-16(3)25-22)10-9-13-31-27-23(28)19-11-7-8-12-20(19)24(27)29/h5-8,11-12,14-15H,2,9-10,13H2,1,3-4H3. The summed E-state index contributed by atoms with van der Waals surface area (Å²) in [5.41, 5.74) is 3.68. The molecule has 0 unspecified atom stereocenters. The highest BCUT2D eigenvalue weighted by Gasteiger charge is 2.36. The SMILES string of the molecule is C=CC(=NC(=CC)CCCON1C(=O)c2ccccc2C1=O)c1cc(OC)cc(C)n1. The van der Waals surface area contributed by atoms with Gasteiger partial charge in [0.2, 0.25) is 0 Å². The Morgan fingerprint density at radius 2 is 1.87 bits per heavy atom. The number of aryl methyl sites for hydroxylation is 1. The van der Waals surface area contributed by atoms with Gasteiger partial charge in [-0.05, 0) is 44.9 Å². The maximum Gasteiger partial charge on any atom is 0.285 e. The van der Waals surface area contributed by atoms with E-state index in [1.165, 1.54) is 0 Å². The topological polar surface area (TPSA) is 81.1 Å². The van der Waals surface area contributed by atoms with Crippen molar-refractivity contribution < 1.29 is 19.2 Å². The monoisotopic (exact) mass is 419 g/mol. The molecule has 2 heterocycles. The van der Waals surface area contributed by atoms with Crippen molar-refractivity contribution in [2.75, 3.05) is 13.7 Å². The molecule has 0 spiro atoms. The highest BCUT2D eigenvalue weighted by atomic mass is 16.7. The van der Waals surface area contributed by atoms with Crippen LogP contribution in [-0.2, 0) is 4.84 Å². The minimum atomic E-state index is -0.432. The Labute approximate surface area is 181 Å². The predicted molar refractivity (Wildman–Crippen MR) is 118 cm³/mol. The molecule has 3 rings (SSSR count). The van der Waals surface area contributed by atoms with E-state index in [1.54, 1.807) is 37.5 Å². The number of carbonyl (C=O) groups is 2. The quantitative estimate of drug-likeness (QED) is 0.344. The number of hydrogen-bond acceptors (Lipinski definition) is 6. The molecule has 0 saturated carbocycles. The van der Waals surface area contributed by atoms with Gasteiger partial charge in [0, 0.05) is 23.5 Å². The van der Waals surface area contributed by atoms with Gasteiger partial charge in [0.25, 0.3) is 11.8 Å². The summed E-state index contributed by atoms with van der Waals surface area (Å²) in [7, 11) is 1.61. The van der Waals surface area contributed by atoms with E-state index in [1.807, 2.05) is 32.1 Å². The minimum absolute atomic E-state index is 0.207. The summed E-state index contributed by atoms with van der Waals surface area (Å²) in [6.07, 6.45) is 4.73. The Balaban J connectivity index is 1.61. The second-order valence-corrected chi connectivity index (χ2v) is 6.90. The highest BCUT2D eigenvalue weighted by molar-refractivity contribution is 6.20. The summed E-state index contributed by atoms with van der Waals surface area (Å²) in [5, 5.41) is 0.835. The maximum atomic E-state index is 12.3. The van der Waals surface area contributed by atoms with E-state index in [0.29, 0.717) is 41.1 Å². The first-order chi connectivity index (χ1) is 15.0. The van der Waals surface area contributed by atoms with Gasteiger partial charge in [0.15, 0.2) is 0 Å². The van der Waals surface area contributed by atoms with Gasteiger partial charge >= 0.3 is 0 Å². The van der Waals surface area contributed by atoms with E-state index < -0.39 is 11.8 Å². The van der Waals surface area contributed by atoms with Crippen molar-refractivity contribution in [2.24, 2.45) is 4.99 Å². The van der Waals surface area contributed by atoms with E-state index in [0.717, 1.165) is 16.5 Å². The van der Waals surface area contributed by atoms with Crippen LogP contribution in [-0.4, -0.2) is 41.3 Å². The van der Waals surface area contributed by atoms with Gasteiger partial charge in [-0.1, -0.05) is 24.8 Å². The van der Waals surface area contributed by atoms with Crippen LogP contribution in [0.1, 0.15) is 51.9 Å². The van der Waals surface area contributed by atoms with Crippen molar-refractivity contribution in [3.05, 3.63) is 83.3 Å². The van der Waals surface area contributed by atoms with Gasteiger partial charge in [-0.3, -0.25) is 24.4 Å². The first-order valence-corrected chi connectivity index (χ1v) is 9.98. The average molecular weight is 419 g/mol. The first-order valence-electron chi connectivity index (χ1n) is 9.98. The summed E-state index contributed by atoms with van der Waals surface area (Å²) >= 11 is 0. The lowest BCUT2D eigenvalue weighted by molar-refractivity contribution is -0.0918. The number of hydroxylamine groups is 2. The lowest BCUT2D eigenvalue weighted by Gasteiger charge is -2.13. The molecule has 0 atom stereocenters. The molecule has 1 aliphatic heterocycles. The van der Waals surface area contributed by atoms with Crippen LogP contribution in [0, 0.1) is 6.92 Å². The van der Waals surface area contributed by atoms with Gasteiger partial charge in [0.1, 0.15) is 5.75 Å². The smallest absolute Gasteiger partial charge is 0.285 e. The second kappa shape index (κ2) is 9.95. The molecule has 1 aliphatic rings. The number of aromatic nitrogens is 1. The molecule has 0 radical (unpaired) electrons. The summed E-state index contributed by atoms with van der Waals surface area (Å²) < 4.78 is 5.31. The third-order valence-electron chi connectivity index (χ3n) is 4.77. The zero-order valence-corrected chi connectivity index (χ0v) is 17.9. The third kappa shape index (κ3) is 4.95. The van der Waals surface area contributed by atoms with E-state index in [-0.39, 0.29) is 6.61 Å². The van der Waals surface area contributed by atoms with Crippen molar-refractivity contribution in [1.29, 1.82) is 0 Å². The highest BCUT2D eigenvalue weighted by Crippen LogP contribution is 2.23. The second-order valence-electron chi connectivity index (χ2n) is 6.90. The van der Waals surface area contributed by atoms with Crippen LogP contribution < -0.4 is 4.74 Å². The maximum absolute atomic E-state index is 12.3. The fraction of sp³-hybridized carbons (Fsp3) is 0.250. The van der Waals surface area contributed by atoms with Crippen LogP contribution in [0.4, 0.5) is 0 Å². The normalized spacial score (nSPS) is 14.1. The van der Waals surface area contributed by atoms with Crippen molar-refractivity contribution in [1.82, 2.24) is 10.0 Å². The number of fused-ring (bicyclic) bond motifs is 1. The molecule has 0 bridgehead atoms. The van der Waals surface area contributed by atoms with Crippen LogP contribution >= 0.6 is 0 Å². The summed E-state index contributed by atoms with van der Waals surface area (Å²) in [4.78, 5) is 39.3. The molecule has 7 heteroatoms. The van der Waals surface area contributed by atoms with Crippen LogP contribution in [0.2, 0.25) is 0 Å². The summed E-state index contributed by atoms with van der Waals surface area (Å²) in [6.45, 7) is 7.84. The average Bonchev–Trinajstić information content (AvgIpc) is 3.03. The number of ether oxygens (including phenoxy) is 1. The first kappa shape index (κ1) is 22.1. The number of carbonyl (C=O) groups excluding carboxylic acids is 2. The van der Waals surface area contributed by atoms with Crippen LogP contribution in [0.25, 0.3) is 0 Å². The number of aliphatic imine (C=N–C) groups is 1. The zero-order valence-electron chi connectivity index (χ0n) is 17.9. The van der Waals surface area contributed by atoms with Gasteiger partial charge in [0.05, 0.1) is 36.2 Å². The van der Waals surface area contributed by atoms with Crippen LogP contribution in [0.15, 0.2) is 65.8 Å². The summed E-state index contributed by atoms with van der Waals surface area (Å²) in [6, 6.07) is 10.3. The number of pyridine rings is 1. The molecule has 0 saturated heterocycles. The molecule has 1 aromatic carbocycles. The number of imide groups is 1. The Hall–Kier alpha value is -3.58. The third-order valence-corrected chi connectivity index (χ3v) is 4.77. The van der Waals surface area contributed by atoms with Crippen molar-refractivity contribution in [2.45, 2.75) is 26.7 Å². The Morgan fingerprint density at radius 3 is 2.45 bits per heavy atom. The molecule has 2 amide bonds. The zero-order chi connectivity index (χ0) is 22.4. The number of hydrogen-bond donors (Lipinski definition) is 0. The molecule has 0 N–H and O–H groups in total. The van der Waals surface area contributed by atoms with E-state index in [2.05, 4.69) is 16.6 Å². The molecule has 7 nitrogen and oxygen atoms in total. The number of amides is 2. The molecule has 0 aliphatic carbocycles. The molecule has 160 valence electrons. The van der Waals surface area contributed by atoms with Crippen LogP contribution in [0.3, 0.4) is 0 Å². The van der Waals surface area contributed by atoms with Gasteiger partial charge in [-0.15, -0.1) is 5.06 Å². The number of rotatable bonds is 9. The van der Waals surface area contributed by atoms with E-state index in [9.17, 15) is 9.59 Å². The lowest BCUT2D eigenvalue weighted by atomic mass is 10.1. The van der Waals surface area contributed by atoms with E-state index in [4.69, 9.17) is 9.57 Å². The molecular weight excluding hydrogens is 394 g/mol. The molecule has 0 fully saturated rings. The number of benzene rings is 1.